The summed E-state index contributed by atoms with van der Waals surface area (Å²) >= 11 is 1.87. The van der Waals surface area contributed by atoms with E-state index in [0.29, 0.717) is 5.95 Å². The first-order chi connectivity index (χ1) is 41.4. The average Bonchev–Trinajstić information content (AvgIpc) is 1.72. The van der Waals surface area contributed by atoms with Crippen molar-refractivity contribution in [2.45, 2.75) is 19.3 Å². The third-order valence-electron chi connectivity index (χ3n) is 18.3. The molecule has 1 aliphatic rings. The van der Waals surface area contributed by atoms with Gasteiger partial charge in [0, 0.05) is 65.0 Å². The van der Waals surface area contributed by atoms with Crippen molar-refractivity contribution in [2.24, 2.45) is 0 Å². The fraction of sp³-hybridized carbons (Fsp3) is 0.0380. The maximum atomic E-state index is 5.29. The van der Waals surface area contributed by atoms with Gasteiger partial charge in [-0.2, -0.15) is 0 Å². The summed E-state index contributed by atoms with van der Waals surface area (Å²) < 4.78 is 4.83. The lowest BCUT2D eigenvalue weighted by Gasteiger charge is -2.28. The molecule has 17 aromatic rings. The largest absolute Gasteiger partial charge is 0.310 e. The Hall–Kier alpha value is -10.5. The zero-order valence-electron chi connectivity index (χ0n) is 46.1. The molecule has 3 aromatic heterocycles. The second-order valence-electron chi connectivity index (χ2n) is 23.3. The molecular weight excluding hydrogens is 1040 g/mol. The van der Waals surface area contributed by atoms with Gasteiger partial charge in [0.05, 0.1) is 16.6 Å². The molecule has 0 saturated carbocycles. The van der Waals surface area contributed by atoms with E-state index in [1.54, 1.807) is 0 Å². The average molecular weight is 1090 g/mol. The van der Waals surface area contributed by atoms with Gasteiger partial charge in [0.2, 0.25) is 5.95 Å². The number of hydrogen-bond donors (Lipinski definition) is 0. The summed E-state index contributed by atoms with van der Waals surface area (Å²) in [7, 11) is 0. The van der Waals surface area contributed by atoms with Crippen LogP contribution in [0.25, 0.3) is 146 Å². The molecule has 3 heterocycles. The van der Waals surface area contributed by atoms with Crippen molar-refractivity contribution >= 4 is 135 Å². The molecule has 18 rings (SSSR count). The van der Waals surface area contributed by atoms with Crippen LogP contribution < -0.4 is 4.90 Å². The number of nitrogens with zero attached hydrogens (tertiary/aromatic N) is 4. The highest BCUT2D eigenvalue weighted by Gasteiger charge is 2.36. The van der Waals surface area contributed by atoms with Gasteiger partial charge in [0.1, 0.15) is 0 Å². The smallest absolute Gasteiger partial charge is 0.235 e. The molecule has 0 unspecified atom stereocenters. The van der Waals surface area contributed by atoms with Gasteiger partial charge in [-0.15, -0.1) is 11.3 Å². The highest BCUT2D eigenvalue weighted by atomic mass is 32.1. The minimum atomic E-state index is -0.0792. The second kappa shape index (κ2) is 17.8. The standard InChI is InChI=1S/C79H50N4S/c1-79(2)70-25-12-11-24-63(70)67-43-58(32-34-71(67)79)82(56-19-14-18-48(40-56)47-15-4-3-5-16-47)57-31-29-51-38-54-37-49(27-28-50(54)39-55(51)41-57)52-30-35-73-68(42-52)64-33-36-74-76(77(64)83(73)78-80-46-53-17-6-13-26-72(53)81-78)69-44-65-61-22-9-7-20-59(61)60-21-8-10-23-62(60)66(65)45-75(69)84-74/h3-46H,1-2H3. The van der Waals surface area contributed by atoms with Gasteiger partial charge in [-0.05, 0) is 189 Å². The van der Waals surface area contributed by atoms with Crippen LogP contribution in [-0.2, 0) is 5.41 Å². The van der Waals surface area contributed by atoms with E-state index >= 15 is 0 Å². The molecule has 0 aliphatic heterocycles. The Bertz CT molecular complexity index is 5670. The maximum absolute atomic E-state index is 5.29. The van der Waals surface area contributed by atoms with E-state index in [0.717, 1.165) is 44.6 Å². The Morgan fingerprint density at radius 1 is 0.369 bits per heavy atom. The molecule has 0 saturated heterocycles. The van der Waals surface area contributed by atoms with Crippen LogP contribution in [0, 0.1) is 0 Å². The number of aromatic nitrogens is 3. The number of hydrogen-bond acceptors (Lipinski definition) is 4. The van der Waals surface area contributed by atoms with Crippen LogP contribution in [0.1, 0.15) is 25.0 Å². The Morgan fingerprint density at radius 2 is 1.00 bits per heavy atom. The van der Waals surface area contributed by atoms with Crippen LogP contribution in [0.5, 0.6) is 0 Å². The van der Waals surface area contributed by atoms with Gasteiger partial charge in [-0.25, -0.2) is 9.97 Å². The van der Waals surface area contributed by atoms with Crippen molar-refractivity contribution in [2.75, 3.05) is 4.90 Å². The number of rotatable bonds is 6. The predicted octanol–water partition coefficient (Wildman–Crippen LogP) is 22.0. The zero-order valence-corrected chi connectivity index (χ0v) is 46.9. The minimum Gasteiger partial charge on any atom is -0.310 e. The molecule has 0 N–H and O–H groups in total. The quantitative estimate of drug-likeness (QED) is 0.123. The Balaban J connectivity index is 0.784. The SMILES string of the molecule is CC1(C)c2ccccc2-c2cc(N(c3cccc(-c4ccccc4)c3)c3ccc4cc5cc(-c6ccc7c(c6)c6ccc8sc9cc%10c%11ccccc%11c%11ccccc%11c%10cc9c8c6n7-c6ncc7ccccc7n6)ccc5cc4c3)ccc21. The lowest BCUT2D eigenvalue weighted by atomic mass is 9.82. The van der Waals surface area contributed by atoms with Gasteiger partial charge in [0.15, 0.2) is 0 Å². The summed E-state index contributed by atoms with van der Waals surface area (Å²) in [6.45, 7) is 4.70. The topological polar surface area (TPSA) is 34.0 Å². The Morgan fingerprint density at radius 3 is 1.83 bits per heavy atom. The first-order valence-corrected chi connectivity index (χ1v) is 29.7. The Kier molecular flexibility index (Phi) is 9.99. The van der Waals surface area contributed by atoms with Crippen LogP contribution in [-0.4, -0.2) is 14.5 Å². The monoisotopic (exact) mass is 1090 g/mol. The molecule has 392 valence electrons. The van der Waals surface area contributed by atoms with E-state index in [1.807, 2.05) is 23.6 Å². The van der Waals surface area contributed by atoms with Crippen molar-refractivity contribution < 1.29 is 0 Å². The van der Waals surface area contributed by atoms with E-state index in [9.17, 15) is 0 Å². The van der Waals surface area contributed by atoms with Crippen LogP contribution in [0.2, 0.25) is 0 Å². The lowest BCUT2D eigenvalue weighted by Crippen LogP contribution is -2.15. The summed E-state index contributed by atoms with van der Waals surface area (Å²) in [6, 6.07) is 96.8. The Labute approximate surface area is 488 Å². The van der Waals surface area contributed by atoms with E-state index in [4.69, 9.17) is 9.97 Å². The molecule has 0 amide bonds. The third kappa shape index (κ3) is 7.00. The molecule has 0 atom stereocenters. The number of para-hydroxylation sites is 1. The van der Waals surface area contributed by atoms with E-state index in [1.165, 1.54) is 124 Å². The second-order valence-corrected chi connectivity index (χ2v) is 24.4. The van der Waals surface area contributed by atoms with Crippen molar-refractivity contribution in [3.8, 4) is 39.3 Å². The fourth-order valence-corrected chi connectivity index (χ4v) is 15.4. The van der Waals surface area contributed by atoms with Crippen LogP contribution in [0.3, 0.4) is 0 Å². The van der Waals surface area contributed by atoms with E-state index in [-0.39, 0.29) is 5.41 Å². The number of anilines is 3. The first-order valence-electron chi connectivity index (χ1n) is 28.9. The summed E-state index contributed by atoms with van der Waals surface area (Å²) in [6.07, 6.45) is 1.97. The summed E-state index contributed by atoms with van der Waals surface area (Å²) in [5.41, 5.74) is 16.5. The van der Waals surface area contributed by atoms with Gasteiger partial charge < -0.3 is 4.90 Å². The zero-order chi connectivity index (χ0) is 55.4. The summed E-state index contributed by atoms with van der Waals surface area (Å²) in [5.74, 6) is 0.664. The van der Waals surface area contributed by atoms with Gasteiger partial charge in [-0.1, -0.05) is 184 Å². The van der Waals surface area contributed by atoms with E-state index < -0.39 is 0 Å². The van der Waals surface area contributed by atoms with Crippen molar-refractivity contribution in [3.63, 3.8) is 0 Å². The minimum absolute atomic E-state index is 0.0792. The molecular formula is C79H50N4S. The van der Waals surface area contributed by atoms with Gasteiger partial charge >= 0.3 is 0 Å². The number of benzene rings is 14. The molecule has 84 heavy (non-hydrogen) atoms. The highest BCUT2D eigenvalue weighted by molar-refractivity contribution is 7.26. The normalized spacial score (nSPS) is 13.0. The van der Waals surface area contributed by atoms with Crippen LogP contribution in [0.15, 0.2) is 267 Å². The molecule has 1 aliphatic carbocycles. The molecule has 0 spiro atoms. The van der Waals surface area contributed by atoms with Crippen molar-refractivity contribution in [3.05, 3.63) is 278 Å². The summed E-state index contributed by atoms with van der Waals surface area (Å²) in [5, 5.41) is 18.3. The molecule has 0 radical (unpaired) electrons. The van der Waals surface area contributed by atoms with E-state index in [2.05, 4.69) is 278 Å². The van der Waals surface area contributed by atoms with Gasteiger partial charge in [-0.3, -0.25) is 4.57 Å². The summed E-state index contributed by atoms with van der Waals surface area (Å²) in [4.78, 5) is 12.8. The number of thiophene rings is 1. The van der Waals surface area contributed by atoms with Crippen LogP contribution in [0.4, 0.5) is 17.1 Å². The molecule has 0 fully saturated rings. The highest BCUT2D eigenvalue weighted by Crippen LogP contribution is 2.52. The van der Waals surface area contributed by atoms with Gasteiger partial charge in [0.25, 0.3) is 0 Å². The lowest BCUT2D eigenvalue weighted by molar-refractivity contribution is 0.660. The fourth-order valence-electron chi connectivity index (χ4n) is 14.3. The molecule has 0 bridgehead atoms. The van der Waals surface area contributed by atoms with Crippen molar-refractivity contribution in [1.29, 1.82) is 0 Å². The first kappa shape index (κ1) is 47.2. The molecule has 14 aromatic carbocycles. The third-order valence-corrected chi connectivity index (χ3v) is 19.4. The molecule has 5 heteroatoms. The predicted molar refractivity (Wildman–Crippen MR) is 357 cm³/mol. The maximum Gasteiger partial charge on any atom is 0.235 e. The number of fused-ring (bicyclic) bond motifs is 19. The van der Waals surface area contributed by atoms with Crippen LogP contribution >= 0.6 is 11.3 Å². The molecule has 4 nitrogen and oxygen atoms in total. The van der Waals surface area contributed by atoms with Crippen molar-refractivity contribution in [1.82, 2.24) is 14.5 Å².